The Hall–Kier alpha value is -1.55. The highest BCUT2D eigenvalue weighted by atomic mass is 35.5. The zero-order valence-electron chi connectivity index (χ0n) is 11.2. The Balaban J connectivity index is 2.00. The minimum atomic E-state index is 0.0620. The van der Waals surface area contributed by atoms with Gasteiger partial charge in [0.1, 0.15) is 0 Å². The third-order valence-electron chi connectivity index (χ3n) is 3.17. The zero-order valence-corrected chi connectivity index (χ0v) is 11.9. The van der Waals surface area contributed by atoms with E-state index < -0.39 is 0 Å². The van der Waals surface area contributed by atoms with Gasteiger partial charge in [-0.1, -0.05) is 18.5 Å². The third kappa shape index (κ3) is 3.47. The fourth-order valence-corrected chi connectivity index (χ4v) is 2.07. The number of amides is 1. The molecule has 0 bridgehead atoms. The van der Waals surface area contributed by atoms with Gasteiger partial charge in [-0.3, -0.25) is 9.48 Å². The Kier molecular flexibility index (Phi) is 4.43. The predicted octanol–water partition coefficient (Wildman–Crippen LogP) is 2.99. The van der Waals surface area contributed by atoms with Crippen LogP contribution in [0.1, 0.15) is 26.7 Å². The molecule has 0 saturated carbocycles. The summed E-state index contributed by atoms with van der Waals surface area (Å²) in [4.78, 5) is 11.7. The van der Waals surface area contributed by atoms with Crippen LogP contribution in [0, 0.1) is 0 Å². The molecule has 1 aromatic carbocycles. The molecular formula is C14H18ClN3O. The molecule has 0 saturated heterocycles. The average Bonchev–Trinajstić information content (AvgIpc) is 2.78. The molecular weight excluding hydrogens is 262 g/mol. The molecule has 19 heavy (non-hydrogen) atoms. The van der Waals surface area contributed by atoms with E-state index in [4.69, 9.17) is 11.6 Å². The Bertz CT molecular complexity index is 579. The lowest BCUT2D eigenvalue weighted by Crippen LogP contribution is -2.32. The monoisotopic (exact) mass is 279 g/mol. The van der Waals surface area contributed by atoms with Crippen molar-refractivity contribution in [1.82, 2.24) is 15.1 Å². The van der Waals surface area contributed by atoms with E-state index in [0.717, 1.165) is 17.3 Å². The van der Waals surface area contributed by atoms with Crippen LogP contribution in [-0.4, -0.2) is 21.7 Å². The van der Waals surface area contributed by atoms with Gasteiger partial charge in [-0.15, -0.1) is 0 Å². The fourth-order valence-electron chi connectivity index (χ4n) is 1.89. The van der Waals surface area contributed by atoms with Crippen molar-refractivity contribution in [1.29, 1.82) is 0 Å². The van der Waals surface area contributed by atoms with Crippen LogP contribution >= 0.6 is 11.6 Å². The van der Waals surface area contributed by atoms with Gasteiger partial charge in [0.15, 0.2) is 0 Å². The molecule has 0 aliphatic rings. The van der Waals surface area contributed by atoms with Crippen molar-refractivity contribution in [3.05, 3.63) is 29.4 Å². The van der Waals surface area contributed by atoms with Crippen molar-refractivity contribution in [2.24, 2.45) is 0 Å². The van der Waals surface area contributed by atoms with E-state index in [2.05, 4.69) is 17.3 Å². The lowest BCUT2D eigenvalue weighted by Gasteiger charge is -2.11. The average molecular weight is 280 g/mol. The van der Waals surface area contributed by atoms with E-state index in [-0.39, 0.29) is 11.9 Å². The van der Waals surface area contributed by atoms with Crippen LogP contribution in [0.15, 0.2) is 24.4 Å². The van der Waals surface area contributed by atoms with Gasteiger partial charge in [-0.25, -0.2) is 0 Å². The minimum Gasteiger partial charge on any atom is -0.354 e. The number of carbonyl (C=O) groups is 1. The van der Waals surface area contributed by atoms with Gasteiger partial charge in [0, 0.05) is 22.9 Å². The molecule has 1 aromatic heterocycles. The first-order chi connectivity index (χ1) is 9.10. The second kappa shape index (κ2) is 6.06. The molecule has 5 heteroatoms. The Morgan fingerprint density at radius 3 is 3.05 bits per heavy atom. The number of benzene rings is 1. The number of halogens is 1. The number of fused-ring (bicyclic) bond motifs is 1. The summed E-state index contributed by atoms with van der Waals surface area (Å²) in [5.41, 5.74) is 1.00. The van der Waals surface area contributed by atoms with Crippen molar-refractivity contribution in [2.75, 3.05) is 0 Å². The SMILES string of the molecule is CCC(C)NC(=O)CCn1ncc2cc(Cl)ccc21. The summed E-state index contributed by atoms with van der Waals surface area (Å²) in [6.07, 6.45) is 3.15. The number of hydrogen-bond acceptors (Lipinski definition) is 2. The maximum Gasteiger partial charge on any atom is 0.222 e. The van der Waals surface area contributed by atoms with Crippen molar-refractivity contribution in [3.8, 4) is 0 Å². The molecule has 4 nitrogen and oxygen atoms in total. The van der Waals surface area contributed by atoms with Crippen LogP contribution in [0.5, 0.6) is 0 Å². The highest BCUT2D eigenvalue weighted by Gasteiger charge is 2.08. The number of rotatable bonds is 5. The summed E-state index contributed by atoms with van der Waals surface area (Å²) >= 11 is 5.93. The maximum atomic E-state index is 11.7. The number of nitrogens with zero attached hydrogens (tertiary/aromatic N) is 2. The van der Waals surface area contributed by atoms with Gasteiger partial charge in [0.2, 0.25) is 5.91 Å². The van der Waals surface area contributed by atoms with Crippen LogP contribution in [-0.2, 0) is 11.3 Å². The van der Waals surface area contributed by atoms with Crippen molar-refractivity contribution in [2.45, 2.75) is 39.3 Å². The van der Waals surface area contributed by atoms with Gasteiger partial charge in [-0.2, -0.15) is 5.10 Å². The highest BCUT2D eigenvalue weighted by molar-refractivity contribution is 6.31. The van der Waals surface area contributed by atoms with Crippen LogP contribution in [0.4, 0.5) is 0 Å². The lowest BCUT2D eigenvalue weighted by atomic mass is 10.2. The molecule has 1 heterocycles. The fraction of sp³-hybridized carbons (Fsp3) is 0.429. The van der Waals surface area contributed by atoms with Crippen LogP contribution in [0.3, 0.4) is 0 Å². The number of hydrogen-bond donors (Lipinski definition) is 1. The summed E-state index contributed by atoms with van der Waals surface area (Å²) in [6.45, 7) is 4.63. The van der Waals surface area contributed by atoms with E-state index in [1.165, 1.54) is 0 Å². The second-order valence-corrected chi connectivity index (χ2v) is 5.13. The molecule has 102 valence electrons. The summed E-state index contributed by atoms with van der Waals surface area (Å²) in [5.74, 6) is 0.0620. The minimum absolute atomic E-state index is 0.0620. The van der Waals surface area contributed by atoms with E-state index in [1.807, 2.05) is 29.8 Å². The van der Waals surface area contributed by atoms with Crippen molar-refractivity contribution in [3.63, 3.8) is 0 Å². The molecule has 1 atom stereocenters. The zero-order chi connectivity index (χ0) is 13.8. The molecule has 1 unspecified atom stereocenters. The Morgan fingerprint density at radius 1 is 1.53 bits per heavy atom. The van der Waals surface area contributed by atoms with Gasteiger partial charge in [0.25, 0.3) is 0 Å². The van der Waals surface area contributed by atoms with Gasteiger partial charge >= 0.3 is 0 Å². The third-order valence-corrected chi connectivity index (χ3v) is 3.41. The topological polar surface area (TPSA) is 46.9 Å². The Morgan fingerprint density at radius 2 is 2.32 bits per heavy atom. The molecule has 2 rings (SSSR count). The summed E-state index contributed by atoms with van der Waals surface area (Å²) in [5, 5.41) is 8.92. The molecule has 0 fully saturated rings. The predicted molar refractivity (Wildman–Crippen MR) is 77.3 cm³/mol. The van der Waals surface area contributed by atoms with Crippen LogP contribution < -0.4 is 5.32 Å². The second-order valence-electron chi connectivity index (χ2n) is 4.70. The Labute approximate surface area is 117 Å². The molecule has 0 aliphatic carbocycles. The van der Waals surface area contributed by atoms with Crippen molar-refractivity contribution >= 4 is 28.4 Å². The number of aryl methyl sites for hydroxylation is 1. The standard InChI is InChI=1S/C14H18ClN3O/c1-3-10(2)17-14(19)6-7-18-13-5-4-12(15)8-11(13)9-16-18/h4-5,8-10H,3,6-7H2,1-2H3,(H,17,19). The van der Waals surface area contributed by atoms with Crippen LogP contribution in [0.25, 0.3) is 10.9 Å². The van der Waals surface area contributed by atoms with E-state index in [9.17, 15) is 4.79 Å². The lowest BCUT2D eigenvalue weighted by molar-refractivity contribution is -0.121. The smallest absolute Gasteiger partial charge is 0.222 e. The first-order valence-electron chi connectivity index (χ1n) is 6.50. The van der Waals surface area contributed by atoms with E-state index in [1.54, 1.807) is 6.20 Å². The molecule has 1 N–H and O–H groups in total. The molecule has 0 radical (unpaired) electrons. The summed E-state index contributed by atoms with van der Waals surface area (Å²) < 4.78 is 1.84. The molecule has 1 amide bonds. The van der Waals surface area contributed by atoms with E-state index >= 15 is 0 Å². The summed E-state index contributed by atoms with van der Waals surface area (Å²) in [7, 11) is 0. The number of nitrogens with one attached hydrogen (secondary N) is 1. The van der Waals surface area contributed by atoms with Crippen LogP contribution in [0.2, 0.25) is 5.02 Å². The first kappa shape index (κ1) is 13.9. The normalized spacial score (nSPS) is 12.6. The largest absolute Gasteiger partial charge is 0.354 e. The highest BCUT2D eigenvalue weighted by Crippen LogP contribution is 2.19. The number of aromatic nitrogens is 2. The van der Waals surface area contributed by atoms with E-state index in [0.29, 0.717) is 18.0 Å². The van der Waals surface area contributed by atoms with Gasteiger partial charge in [0.05, 0.1) is 18.3 Å². The molecule has 0 spiro atoms. The maximum absolute atomic E-state index is 11.7. The molecule has 0 aliphatic heterocycles. The van der Waals surface area contributed by atoms with Gasteiger partial charge < -0.3 is 5.32 Å². The van der Waals surface area contributed by atoms with Gasteiger partial charge in [-0.05, 0) is 31.5 Å². The number of carbonyl (C=O) groups excluding carboxylic acids is 1. The van der Waals surface area contributed by atoms with Crippen molar-refractivity contribution < 1.29 is 4.79 Å². The summed E-state index contributed by atoms with van der Waals surface area (Å²) in [6, 6.07) is 5.86. The molecule has 2 aromatic rings. The quantitative estimate of drug-likeness (QED) is 0.915. The first-order valence-corrected chi connectivity index (χ1v) is 6.88.